The molecule has 90 valence electrons. The molecule has 0 aliphatic rings. The van der Waals surface area contributed by atoms with E-state index < -0.39 is 0 Å². The number of carbonyl (C=O) groups is 1. The van der Waals surface area contributed by atoms with Crippen LogP contribution < -0.4 is 0 Å². The highest BCUT2D eigenvalue weighted by atomic mass is 32.2. The molecule has 0 atom stereocenters. The molecule has 0 aromatic carbocycles. The third-order valence-corrected chi connectivity index (χ3v) is 2.84. The van der Waals surface area contributed by atoms with Gasteiger partial charge in [-0.25, -0.2) is 0 Å². The minimum atomic E-state index is -0.353. The first kappa shape index (κ1) is 14.8. The summed E-state index contributed by atoms with van der Waals surface area (Å²) in [6, 6.07) is 0. The molecule has 2 nitrogen and oxygen atoms in total. The van der Waals surface area contributed by atoms with Crippen LogP contribution in [0.15, 0.2) is 0 Å². The number of rotatable bonds is 4. The Morgan fingerprint density at radius 1 is 1.13 bits per heavy atom. The molecule has 0 amide bonds. The fourth-order valence-corrected chi connectivity index (χ4v) is 1.89. The molecule has 0 fully saturated rings. The topological polar surface area (TPSA) is 26.3 Å². The molecule has 0 N–H and O–H groups in total. The normalized spacial score (nSPS) is 12.7. The van der Waals surface area contributed by atoms with Crippen LogP contribution in [0.4, 0.5) is 0 Å². The van der Waals surface area contributed by atoms with E-state index in [4.69, 9.17) is 4.74 Å². The minimum Gasteiger partial charge on any atom is -0.460 e. The Balaban J connectivity index is 3.57. The van der Waals surface area contributed by atoms with Crippen molar-refractivity contribution in [3.05, 3.63) is 0 Å². The molecule has 0 rings (SSSR count). The van der Waals surface area contributed by atoms with Crippen molar-refractivity contribution in [1.29, 1.82) is 0 Å². The predicted octanol–water partition coefficient (Wildman–Crippen LogP) is 3.64. The maximum Gasteiger partial charge on any atom is 0.306 e. The fourth-order valence-electron chi connectivity index (χ4n) is 0.987. The van der Waals surface area contributed by atoms with Crippen LogP contribution >= 0.6 is 11.8 Å². The Hall–Kier alpha value is -0.180. The Kier molecular flexibility index (Phi) is 5.71. The highest BCUT2D eigenvalue weighted by Crippen LogP contribution is 2.24. The largest absolute Gasteiger partial charge is 0.460 e. The molecule has 3 heteroatoms. The summed E-state index contributed by atoms with van der Waals surface area (Å²) >= 11 is 1.89. The van der Waals surface area contributed by atoms with E-state index >= 15 is 0 Å². The van der Waals surface area contributed by atoms with Gasteiger partial charge in [0.25, 0.3) is 0 Å². The molecule has 0 saturated carbocycles. The standard InChI is InChI=1S/C12H24O2S/c1-11(2,3)14-10(13)8-7-9-15-12(4,5)6/h7-9H2,1-6H3. The molecule has 0 heterocycles. The number of esters is 1. The molecule has 0 aliphatic heterocycles. The quantitative estimate of drug-likeness (QED) is 0.547. The average molecular weight is 232 g/mol. The summed E-state index contributed by atoms with van der Waals surface area (Å²) in [6.45, 7) is 12.2. The van der Waals surface area contributed by atoms with Gasteiger partial charge in [-0.3, -0.25) is 4.79 Å². The second-order valence-corrected chi connectivity index (χ2v) is 7.57. The van der Waals surface area contributed by atoms with E-state index in [-0.39, 0.29) is 16.3 Å². The van der Waals surface area contributed by atoms with Gasteiger partial charge in [-0.2, -0.15) is 11.8 Å². The smallest absolute Gasteiger partial charge is 0.306 e. The van der Waals surface area contributed by atoms with Gasteiger partial charge >= 0.3 is 5.97 Å². The van der Waals surface area contributed by atoms with Crippen LogP contribution in [-0.4, -0.2) is 22.1 Å². The zero-order valence-electron chi connectivity index (χ0n) is 10.8. The van der Waals surface area contributed by atoms with E-state index in [1.807, 2.05) is 32.5 Å². The Morgan fingerprint density at radius 3 is 2.07 bits per heavy atom. The molecule has 0 unspecified atom stereocenters. The Morgan fingerprint density at radius 2 is 1.67 bits per heavy atom. The minimum absolute atomic E-state index is 0.0861. The molecule has 15 heavy (non-hydrogen) atoms. The first-order valence-corrected chi connectivity index (χ1v) is 6.44. The molecule has 0 aliphatic carbocycles. The fraction of sp³-hybridized carbons (Fsp3) is 0.917. The van der Waals surface area contributed by atoms with Gasteiger partial charge in [0.05, 0.1) is 0 Å². The van der Waals surface area contributed by atoms with Crippen molar-refractivity contribution >= 4 is 17.7 Å². The van der Waals surface area contributed by atoms with Gasteiger partial charge in [-0.05, 0) is 32.9 Å². The Bertz CT molecular complexity index is 199. The van der Waals surface area contributed by atoms with Crippen molar-refractivity contribution < 1.29 is 9.53 Å². The summed E-state index contributed by atoms with van der Waals surface area (Å²) in [6.07, 6.45) is 1.43. The second-order valence-electron chi connectivity index (χ2n) is 5.65. The van der Waals surface area contributed by atoms with Crippen molar-refractivity contribution in [2.24, 2.45) is 0 Å². The van der Waals surface area contributed by atoms with E-state index in [1.54, 1.807) is 0 Å². The molecular weight excluding hydrogens is 208 g/mol. The third-order valence-electron chi connectivity index (χ3n) is 1.48. The van der Waals surface area contributed by atoms with Crippen molar-refractivity contribution in [3.63, 3.8) is 0 Å². The SMILES string of the molecule is CC(C)(C)OC(=O)CCCSC(C)(C)C. The first-order valence-electron chi connectivity index (χ1n) is 5.46. The molecule has 0 saturated heterocycles. The first-order chi connectivity index (χ1) is 6.60. The predicted molar refractivity (Wildman–Crippen MR) is 67.3 cm³/mol. The maximum absolute atomic E-state index is 11.4. The van der Waals surface area contributed by atoms with Gasteiger partial charge in [-0.15, -0.1) is 0 Å². The van der Waals surface area contributed by atoms with E-state index in [2.05, 4.69) is 20.8 Å². The van der Waals surface area contributed by atoms with E-state index in [0.29, 0.717) is 6.42 Å². The average Bonchev–Trinajstić information content (AvgIpc) is 1.92. The van der Waals surface area contributed by atoms with Gasteiger partial charge in [0.15, 0.2) is 0 Å². The third kappa shape index (κ3) is 11.7. The van der Waals surface area contributed by atoms with Crippen molar-refractivity contribution in [2.75, 3.05) is 5.75 Å². The molecule has 0 bridgehead atoms. The number of thioether (sulfide) groups is 1. The highest BCUT2D eigenvalue weighted by Gasteiger charge is 2.16. The van der Waals surface area contributed by atoms with Crippen LogP contribution in [0, 0.1) is 0 Å². The lowest BCUT2D eigenvalue weighted by atomic mass is 10.2. The van der Waals surface area contributed by atoms with Gasteiger partial charge in [-0.1, -0.05) is 20.8 Å². The van der Waals surface area contributed by atoms with Gasteiger partial charge in [0.1, 0.15) is 5.60 Å². The molecule has 0 aromatic heterocycles. The molecule has 0 aromatic rings. The van der Waals surface area contributed by atoms with Gasteiger partial charge in [0, 0.05) is 11.2 Å². The summed E-state index contributed by atoms with van der Waals surface area (Å²) in [5.74, 6) is 0.931. The second kappa shape index (κ2) is 5.78. The van der Waals surface area contributed by atoms with Crippen LogP contribution in [-0.2, 0) is 9.53 Å². The summed E-state index contributed by atoms with van der Waals surface area (Å²) < 4.78 is 5.51. The van der Waals surface area contributed by atoms with E-state index in [0.717, 1.165) is 12.2 Å². The van der Waals surface area contributed by atoms with Gasteiger partial charge < -0.3 is 4.74 Å². The molecule has 0 radical (unpaired) electrons. The van der Waals surface area contributed by atoms with Gasteiger partial charge in [0.2, 0.25) is 0 Å². The van der Waals surface area contributed by atoms with Crippen LogP contribution in [0.2, 0.25) is 0 Å². The van der Waals surface area contributed by atoms with Crippen LogP contribution in [0.1, 0.15) is 54.4 Å². The Labute approximate surface area is 98.2 Å². The molecular formula is C12H24O2S. The number of hydrogen-bond donors (Lipinski definition) is 0. The highest BCUT2D eigenvalue weighted by molar-refractivity contribution is 8.00. The maximum atomic E-state index is 11.4. The summed E-state index contributed by atoms with van der Waals surface area (Å²) in [7, 11) is 0. The zero-order valence-corrected chi connectivity index (χ0v) is 11.7. The van der Waals surface area contributed by atoms with Crippen molar-refractivity contribution in [1.82, 2.24) is 0 Å². The van der Waals surface area contributed by atoms with E-state index in [9.17, 15) is 4.79 Å². The number of ether oxygens (including phenoxy) is 1. The summed E-state index contributed by atoms with van der Waals surface area (Å²) in [5, 5.41) is 0. The number of carbonyl (C=O) groups excluding carboxylic acids is 1. The van der Waals surface area contributed by atoms with Crippen molar-refractivity contribution in [2.45, 2.75) is 64.7 Å². The lowest BCUT2D eigenvalue weighted by Crippen LogP contribution is -2.23. The monoisotopic (exact) mass is 232 g/mol. The number of hydrogen-bond acceptors (Lipinski definition) is 3. The summed E-state index contributed by atoms with van der Waals surface area (Å²) in [4.78, 5) is 11.4. The van der Waals surface area contributed by atoms with Crippen LogP contribution in [0.3, 0.4) is 0 Å². The van der Waals surface area contributed by atoms with Crippen molar-refractivity contribution in [3.8, 4) is 0 Å². The summed E-state index contributed by atoms with van der Waals surface area (Å²) in [5.41, 5.74) is -0.353. The van der Waals surface area contributed by atoms with E-state index in [1.165, 1.54) is 0 Å². The zero-order chi connectivity index (χ0) is 12.1. The lowest BCUT2D eigenvalue weighted by Gasteiger charge is -2.20. The van der Waals surface area contributed by atoms with Crippen LogP contribution in [0.5, 0.6) is 0 Å². The molecule has 0 spiro atoms. The van der Waals surface area contributed by atoms with Crippen LogP contribution in [0.25, 0.3) is 0 Å². The lowest BCUT2D eigenvalue weighted by molar-refractivity contribution is -0.154.